The van der Waals surface area contributed by atoms with Crippen molar-refractivity contribution in [1.82, 2.24) is 5.32 Å². The van der Waals surface area contributed by atoms with Gasteiger partial charge in [0.25, 0.3) is 0 Å². The summed E-state index contributed by atoms with van der Waals surface area (Å²) in [5.41, 5.74) is 5.39. The largest absolute Gasteiger partial charge is 0.381 e. The zero-order chi connectivity index (χ0) is 11.8. The number of carbonyl (C=O) groups excluding carboxylic acids is 1. The van der Waals surface area contributed by atoms with Crippen LogP contribution in [0.5, 0.6) is 0 Å². The van der Waals surface area contributed by atoms with Crippen LogP contribution in [0.15, 0.2) is 0 Å². The SMILES string of the molecule is COC1CCC(NC(=O)C(C)(N)C2CC2)C1. The Labute approximate surface area is 96.9 Å². The molecule has 1 amide bonds. The summed E-state index contributed by atoms with van der Waals surface area (Å²) in [6.45, 7) is 1.85. The Morgan fingerprint density at radius 2 is 2.06 bits per heavy atom. The van der Waals surface area contributed by atoms with Gasteiger partial charge in [0.15, 0.2) is 0 Å². The molecule has 2 rings (SSSR count). The molecule has 2 saturated carbocycles. The molecule has 0 spiro atoms. The summed E-state index contributed by atoms with van der Waals surface area (Å²) < 4.78 is 5.29. The van der Waals surface area contributed by atoms with Gasteiger partial charge in [-0.25, -0.2) is 0 Å². The molecular formula is C12H22N2O2. The Bertz CT molecular complexity index is 274. The van der Waals surface area contributed by atoms with Gasteiger partial charge in [0.05, 0.1) is 11.6 Å². The van der Waals surface area contributed by atoms with E-state index in [0.29, 0.717) is 12.0 Å². The van der Waals surface area contributed by atoms with E-state index in [-0.39, 0.29) is 11.9 Å². The fourth-order valence-electron chi connectivity index (χ4n) is 2.49. The second-order valence-corrected chi connectivity index (χ2v) is 5.40. The van der Waals surface area contributed by atoms with E-state index in [1.807, 2.05) is 6.92 Å². The van der Waals surface area contributed by atoms with Gasteiger partial charge in [0.2, 0.25) is 5.91 Å². The number of carbonyl (C=O) groups is 1. The van der Waals surface area contributed by atoms with Gasteiger partial charge in [0, 0.05) is 13.2 Å². The fraction of sp³-hybridized carbons (Fsp3) is 0.917. The monoisotopic (exact) mass is 226 g/mol. The third-order valence-corrected chi connectivity index (χ3v) is 3.97. The van der Waals surface area contributed by atoms with Crippen molar-refractivity contribution >= 4 is 5.91 Å². The Morgan fingerprint density at radius 3 is 2.56 bits per heavy atom. The zero-order valence-corrected chi connectivity index (χ0v) is 10.2. The van der Waals surface area contributed by atoms with Crippen molar-refractivity contribution in [2.45, 2.75) is 56.7 Å². The first kappa shape index (κ1) is 11.9. The molecule has 2 aliphatic carbocycles. The molecule has 3 unspecified atom stereocenters. The van der Waals surface area contributed by atoms with Crippen molar-refractivity contribution in [3.8, 4) is 0 Å². The van der Waals surface area contributed by atoms with Crippen LogP contribution in [0.1, 0.15) is 39.0 Å². The fourth-order valence-corrected chi connectivity index (χ4v) is 2.49. The van der Waals surface area contributed by atoms with Crippen LogP contribution in [0.2, 0.25) is 0 Å². The van der Waals surface area contributed by atoms with Crippen molar-refractivity contribution in [2.75, 3.05) is 7.11 Å². The molecular weight excluding hydrogens is 204 g/mol. The zero-order valence-electron chi connectivity index (χ0n) is 10.2. The molecule has 92 valence electrons. The second-order valence-electron chi connectivity index (χ2n) is 5.40. The van der Waals surface area contributed by atoms with Crippen LogP contribution < -0.4 is 11.1 Å². The standard InChI is InChI=1S/C12H22N2O2/c1-12(13,8-3-4-8)11(15)14-9-5-6-10(7-9)16-2/h8-10H,3-7,13H2,1-2H3,(H,14,15). The molecule has 3 atom stereocenters. The van der Waals surface area contributed by atoms with E-state index < -0.39 is 5.54 Å². The lowest BCUT2D eigenvalue weighted by Gasteiger charge is -2.25. The minimum absolute atomic E-state index is 0.0109. The van der Waals surface area contributed by atoms with Crippen molar-refractivity contribution in [1.29, 1.82) is 0 Å². The first-order valence-corrected chi connectivity index (χ1v) is 6.16. The number of hydrogen-bond donors (Lipinski definition) is 2. The molecule has 0 radical (unpaired) electrons. The highest BCUT2D eigenvalue weighted by atomic mass is 16.5. The minimum Gasteiger partial charge on any atom is -0.381 e. The Morgan fingerprint density at radius 1 is 1.38 bits per heavy atom. The molecule has 0 aromatic rings. The molecule has 0 aromatic carbocycles. The Balaban J connectivity index is 1.83. The predicted molar refractivity (Wildman–Crippen MR) is 61.9 cm³/mol. The molecule has 0 heterocycles. The lowest BCUT2D eigenvalue weighted by Crippen LogP contribution is -2.55. The van der Waals surface area contributed by atoms with Crippen LogP contribution >= 0.6 is 0 Å². The summed E-state index contributed by atoms with van der Waals surface area (Å²) in [4.78, 5) is 12.0. The normalized spacial score (nSPS) is 33.4. The molecule has 0 aliphatic heterocycles. The Hall–Kier alpha value is -0.610. The lowest BCUT2D eigenvalue weighted by molar-refractivity contribution is -0.127. The molecule has 3 N–H and O–H groups in total. The highest BCUT2D eigenvalue weighted by molar-refractivity contribution is 5.86. The molecule has 2 fully saturated rings. The molecule has 16 heavy (non-hydrogen) atoms. The van der Waals surface area contributed by atoms with Gasteiger partial charge in [0.1, 0.15) is 0 Å². The molecule has 0 bridgehead atoms. The van der Waals surface area contributed by atoms with Gasteiger partial charge >= 0.3 is 0 Å². The number of rotatable bonds is 4. The third kappa shape index (κ3) is 2.38. The first-order chi connectivity index (χ1) is 7.54. The van der Waals surface area contributed by atoms with E-state index in [9.17, 15) is 4.79 Å². The van der Waals surface area contributed by atoms with E-state index >= 15 is 0 Å². The van der Waals surface area contributed by atoms with E-state index in [4.69, 9.17) is 10.5 Å². The van der Waals surface area contributed by atoms with E-state index in [1.165, 1.54) is 0 Å². The summed E-state index contributed by atoms with van der Waals surface area (Å²) in [5, 5.41) is 3.06. The highest BCUT2D eigenvalue weighted by Gasteiger charge is 2.44. The summed E-state index contributed by atoms with van der Waals surface area (Å²) in [6.07, 6.45) is 5.44. The average molecular weight is 226 g/mol. The molecule has 4 heteroatoms. The topological polar surface area (TPSA) is 64.3 Å². The molecule has 4 nitrogen and oxygen atoms in total. The van der Waals surface area contributed by atoms with Crippen LogP contribution in [0.25, 0.3) is 0 Å². The minimum atomic E-state index is -0.675. The van der Waals surface area contributed by atoms with Gasteiger partial charge in [-0.05, 0) is 44.9 Å². The van der Waals surface area contributed by atoms with Crippen molar-refractivity contribution < 1.29 is 9.53 Å². The van der Waals surface area contributed by atoms with Gasteiger partial charge < -0.3 is 15.8 Å². The maximum Gasteiger partial charge on any atom is 0.240 e. The van der Waals surface area contributed by atoms with Crippen molar-refractivity contribution in [3.63, 3.8) is 0 Å². The highest BCUT2D eigenvalue weighted by Crippen LogP contribution is 2.38. The number of ether oxygens (including phenoxy) is 1. The quantitative estimate of drug-likeness (QED) is 0.745. The van der Waals surface area contributed by atoms with Crippen LogP contribution in [0.3, 0.4) is 0 Å². The summed E-state index contributed by atoms with van der Waals surface area (Å²) in [5.74, 6) is 0.392. The van der Waals surface area contributed by atoms with Gasteiger partial charge in [-0.3, -0.25) is 4.79 Å². The number of amides is 1. The number of nitrogens with one attached hydrogen (secondary N) is 1. The smallest absolute Gasteiger partial charge is 0.240 e. The maximum absolute atomic E-state index is 12.0. The number of nitrogens with two attached hydrogens (primary N) is 1. The molecule has 0 aromatic heterocycles. The van der Waals surface area contributed by atoms with E-state index in [2.05, 4.69) is 5.32 Å². The third-order valence-electron chi connectivity index (χ3n) is 3.97. The summed E-state index contributed by atoms with van der Waals surface area (Å²) in [7, 11) is 1.73. The lowest BCUT2D eigenvalue weighted by atomic mass is 9.95. The molecule has 2 aliphatic rings. The van der Waals surface area contributed by atoms with Crippen LogP contribution in [0.4, 0.5) is 0 Å². The second kappa shape index (κ2) is 4.34. The number of hydrogen-bond acceptors (Lipinski definition) is 3. The maximum atomic E-state index is 12.0. The van der Waals surface area contributed by atoms with Crippen LogP contribution in [-0.4, -0.2) is 30.7 Å². The van der Waals surface area contributed by atoms with E-state index in [0.717, 1.165) is 32.1 Å². The van der Waals surface area contributed by atoms with Crippen LogP contribution in [0, 0.1) is 5.92 Å². The van der Waals surface area contributed by atoms with Crippen LogP contribution in [-0.2, 0) is 9.53 Å². The summed E-state index contributed by atoms with van der Waals surface area (Å²) >= 11 is 0. The molecule has 0 saturated heterocycles. The van der Waals surface area contributed by atoms with Gasteiger partial charge in [-0.1, -0.05) is 0 Å². The van der Waals surface area contributed by atoms with Gasteiger partial charge in [-0.15, -0.1) is 0 Å². The van der Waals surface area contributed by atoms with E-state index in [1.54, 1.807) is 7.11 Å². The number of methoxy groups -OCH3 is 1. The first-order valence-electron chi connectivity index (χ1n) is 6.16. The van der Waals surface area contributed by atoms with Gasteiger partial charge in [-0.2, -0.15) is 0 Å². The summed E-state index contributed by atoms with van der Waals surface area (Å²) in [6, 6.07) is 0.249. The average Bonchev–Trinajstić information content (AvgIpc) is 3.01. The Kier molecular flexibility index (Phi) is 3.22. The van der Waals surface area contributed by atoms with Crippen molar-refractivity contribution in [3.05, 3.63) is 0 Å². The van der Waals surface area contributed by atoms with Crippen molar-refractivity contribution in [2.24, 2.45) is 11.7 Å². The predicted octanol–water partition coefficient (Wildman–Crippen LogP) is 0.797.